The lowest BCUT2D eigenvalue weighted by Gasteiger charge is -2.14. The average molecular weight is 383 g/mol. The molecule has 3 rings (SSSR count). The number of pyridine rings is 1. The van der Waals surface area contributed by atoms with E-state index in [2.05, 4.69) is 30.5 Å². The van der Waals surface area contributed by atoms with Gasteiger partial charge in [0.15, 0.2) is 0 Å². The van der Waals surface area contributed by atoms with E-state index in [0.29, 0.717) is 16.8 Å². The Balaban J connectivity index is 1.94. The molecule has 0 aliphatic rings. The molecule has 0 radical (unpaired) electrons. The van der Waals surface area contributed by atoms with Gasteiger partial charge in [-0.15, -0.1) is 0 Å². The number of rotatable bonds is 7. The molecule has 27 heavy (non-hydrogen) atoms. The van der Waals surface area contributed by atoms with Gasteiger partial charge in [-0.05, 0) is 44.8 Å². The van der Waals surface area contributed by atoms with Gasteiger partial charge in [0.05, 0.1) is 22.1 Å². The fraction of sp³-hybridized carbons (Fsp3) is 0.250. The van der Waals surface area contributed by atoms with Crippen molar-refractivity contribution in [2.75, 3.05) is 37.8 Å². The lowest BCUT2D eigenvalue weighted by Crippen LogP contribution is -2.21. The van der Waals surface area contributed by atoms with E-state index in [1.54, 1.807) is 6.20 Å². The minimum atomic E-state index is 0.548. The third kappa shape index (κ3) is 5.15. The molecule has 7 heteroatoms. The first-order chi connectivity index (χ1) is 13.0. The van der Waals surface area contributed by atoms with Crippen LogP contribution >= 0.6 is 11.6 Å². The molecule has 6 nitrogen and oxygen atoms in total. The quantitative estimate of drug-likeness (QED) is 0.637. The number of benzene rings is 1. The van der Waals surface area contributed by atoms with Crippen LogP contribution in [0.5, 0.6) is 0 Å². The topological polar surface area (TPSA) is 66.0 Å². The first-order valence-corrected chi connectivity index (χ1v) is 9.12. The van der Waals surface area contributed by atoms with E-state index in [4.69, 9.17) is 11.6 Å². The fourth-order valence-corrected chi connectivity index (χ4v) is 2.81. The zero-order valence-electron chi connectivity index (χ0n) is 15.7. The third-order valence-electron chi connectivity index (χ3n) is 3.97. The van der Waals surface area contributed by atoms with E-state index in [-0.39, 0.29) is 0 Å². The number of aryl methyl sites for hydroxylation is 1. The number of likely N-dealkylation sites (N-methyl/N-ethyl adjacent to an activating group) is 1. The summed E-state index contributed by atoms with van der Waals surface area (Å²) >= 11 is 6.36. The molecule has 0 atom stereocenters. The van der Waals surface area contributed by atoms with Crippen molar-refractivity contribution in [3.63, 3.8) is 0 Å². The molecule has 3 aromatic rings. The van der Waals surface area contributed by atoms with Crippen LogP contribution in [0.4, 0.5) is 17.5 Å². The molecule has 0 aliphatic heterocycles. The molecule has 1 aromatic carbocycles. The van der Waals surface area contributed by atoms with Crippen molar-refractivity contribution >= 4 is 29.1 Å². The van der Waals surface area contributed by atoms with Crippen molar-refractivity contribution in [1.29, 1.82) is 0 Å². The number of hydrogen-bond donors (Lipinski definition) is 2. The molecule has 2 heterocycles. The summed E-state index contributed by atoms with van der Waals surface area (Å²) in [6.45, 7) is 3.62. The van der Waals surface area contributed by atoms with Crippen molar-refractivity contribution in [3.05, 3.63) is 59.2 Å². The van der Waals surface area contributed by atoms with Crippen molar-refractivity contribution in [1.82, 2.24) is 19.9 Å². The van der Waals surface area contributed by atoms with Crippen molar-refractivity contribution in [2.24, 2.45) is 0 Å². The van der Waals surface area contributed by atoms with Crippen LogP contribution in [0.25, 0.3) is 11.4 Å². The van der Waals surface area contributed by atoms with Crippen LogP contribution in [0.2, 0.25) is 5.02 Å². The van der Waals surface area contributed by atoms with Crippen LogP contribution in [0.1, 0.15) is 5.56 Å². The second-order valence-corrected chi connectivity index (χ2v) is 6.87. The molecule has 2 aromatic heterocycles. The molecule has 2 N–H and O–H groups in total. The molecule has 0 fully saturated rings. The number of hydrogen-bond acceptors (Lipinski definition) is 6. The summed E-state index contributed by atoms with van der Waals surface area (Å²) in [4.78, 5) is 15.7. The Hall–Kier alpha value is -2.70. The highest BCUT2D eigenvalue weighted by Gasteiger charge is 2.10. The Morgan fingerprint density at radius 1 is 1.04 bits per heavy atom. The van der Waals surface area contributed by atoms with Gasteiger partial charge in [-0.1, -0.05) is 29.8 Å². The molecular weight excluding hydrogens is 360 g/mol. The maximum atomic E-state index is 6.36. The predicted molar refractivity (Wildman–Crippen MR) is 112 cm³/mol. The predicted octanol–water partition coefficient (Wildman–Crippen LogP) is 4.22. The Labute approximate surface area is 164 Å². The summed E-state index contributed by atoms with van der Waals surface area (Å²) < 4.78 is 0. The summed E-state index contributed by atoms with van der Waals surface area (Å²) in [5.41, 5.74) is 3.41. The van der Waals surface area contributed by atoms with Gasteiger partial charge in [0.25, 0.3) is 0 Å². The van der Waals surface area contributed by atoms with Crippen LogP contribution < -0.4 is 10.6 Å². The SMILES string of the molecule is Cc1cccc(Cl)c1Nc1cc(-c2ccccn2)nc(NCCN(C)C)n1. The highest BCUT2D eigenvalue weighted by Crippen LogP contribution is 2.29. The summed E-state index contributed by atoms with van der Waals surface area (Å²) in [5, 5.41) is 7.25. The zero-order chi connectivity index (χ0) is 19.2. The number of nitrogens with one attached hydrogen (secondary N) is 2. The Morgan fingerprint density at radius 3 is 2.59 bits per heavy atom. The van der Waals surface area contributed by atoms with E-state index < -0.39 is 0 Å². The second kappa shape index (κ2) is 8.79. The van der Waals surface area contributed by atoms with E-state index >= 15 is 0 Å². The zero-order valence-corrected chi connectivity index (χ0v) is 16.5. The second-order valence-electron chi connectivity index (χ2n) is 6.46. The van der Waals surface area contributed by atoms with Crippen LogP contribution in [-0.4, -0.2) is 47.0 Å². The molecule has 0 amide bonds. The van der Waals surface area contributed by atoms with E-state index in [1.807, 2.05) is 63.5 Å². The molecule has 140 valence electrons. The Bertz CT molecular complexity index is 878. The number of aromatic nitrogens is 3. The van der Waals surface area contributed by atoms with Gasteiger partial charge < -0.3 is 15.5 Å². The molecule has 0 spiro atoms. The van der Waals surface area contributed by atoms with Gasteiger partial charge in [0.1, 0.15) is 5.82 Å². The average Bonchev–Trinajstić information content (AvgIpc) is 2.65. The lowest BCUT2D eigenvalue weighted by atomic mass is 10.2. The fourth-order valence-electron chi connectivity index (χ4n) is 2.55. The Kier molecular flexibility index (Phi) is 6.21. The highest BCUT2D eigenvalue weighted by atomic mass is 35.5. The summed E-state index contributed by atoms with van der Waals surface area (Å²) in [6.07, 6.45) is 1.75. The standard InChI is InChI=1S/C20H23ClN6/c1-14-7-6-8-15(21)19(14)25-18-13-17(16-9-4-5-10-22-16)24-20(26-18)23-11-12-27(2)3/h4-10,13H,11-12H2,1-3H3,(H2,23,24,25,26). The first kappa shape index (κ1) is 19.1. The van der Waals surface area contributed by atoms with Crippen LogP contribution in [0, 0.1) is 6.92 Å². The summed E-state index contributed by atoms with van der Waals surface area (Å²) in [5.74, 6) is 1.21. The van der Waals surface area contributed by atoms with Gasteiger partial charge in [-0.3, -0.25) is 4.98 Å². The monoisotopic (exact) mass is 382 g/mol. The van der Waals surface area contributed by atoms with Gasteiger partial charge in [-0.25, -0.2) is 4.98 Å². The lowest BCUT2D eigenvalue weighted by molar-refractivity contribution is 0.425. The summed E-state index contributed by atoms with van der Waals surface area (Å²) in [6, 6.07) is 13.4. The molecular formula is C20H23ClN6. The third-order valence-corrected chi connectivity index (χ3v) is 4.29. The number of halogens is 1. The molecule has 0 unspecified atom stereocenters. The van der Waals surface area contributed by atoms with Crippen molar-refractivity contribution in [2.45, 2.75) is 6.92 Å². The number of anilines is 3. The normalized spacial score (nSPS) is 10.9. The highest BCUT2D eigenvalue weighted by molar-refractivity contribution is 6.33. The minimum Gasteiger partial charge on any atom is -0.353 e. The minimum absolute atomic E-state index is 0.548. The first-order valence-electron chi connectivity index (χ1n) is 8.74. The van der Waals surface area contributed by atoms with Crippen molar-refractivity contribution < 1.29 is 0 Å². The van der Waals surface area contributed by atoms with Gasteiger partial charge in [-0.2, -0.15) is 4.98 Å². The Morgan fingerprint density at radius 2 is 1.89 bits per heavy atom. The molecule has 0 saturated heterocycles. The van der Waals surface area contributed by atoms with E-state index in [1.165, 1.54) is 0 Å². The molecule has 0 saturated carbocycles. The van der Waals surface area contributed by atoms with Gasteiger partial charge in [0.2, 0.25) is 5.95 Å². The smallest absolute Gasteiger partial charge is 0.225 e. The van der Waals surface area contributed by atoms with Gasteiger partial charge in [0, 0.05) is 25.4 Å². The molecule has 0 bridgehead atoms. The van der Waals surface area contributed by atoms with Crippen LogP contribution in [0.15, 0.2) is 48.7 Å². The van der Waals surface area contributed by atoms with E-state index in [0.717, 1.165) is 35.7 Å². The van der Waals surface area contributed by atoms with Gasteiger partial charge >= 0.3 is 0 Å². The largest absolute Gasteiger partial charge is 0.353 e. The van der Waals surface area contributed by atoms with Crippen LogP contribution in [-0.2, 0) is 0 Å². The number of nitrogens with zero attached hydrogens (tertiary/aromatic N) is 4. The van der Waals surface area contributed by atoms with Crippen LogP contribution in [0.3, 0.4) is 0 Å². The maximum Gasteiger partial charge on any atom is 0.225 e. The summed E-state index contributed by atoms with van der Waals surface area (Å²) in [7, 11) is 4.06. The molecule has 0 aliphatic carbocycles. The number of para-hydroxylation sites is 1. The maximum absolute atomic E-state index is 6.36. The van der Waals surface area contributed by atoms with E-state index in [9.17, 15) is 0 Å². The van der Waals surface area contributed by atoms with Crippen molar-refractivity contribution in [3.8, 4) is 11.4 Å².